The molecule has 0 radical (unpaired) electrons. The number of carbonyl (C=O) groups excluding carboxylic acids is 4. The average Bonchev–Trinajstić information content (AvgIpc) is 3.32. The highest BCUT2D eigenvalue weighted by atomic mass is 16.5. The van der Waals surface area contributed by atoms with E-state index >= 15 is 0 Å². The van der Waals surface area contributed by atoms with E-state index in [9.17, 15) is 19.2 Å². The van der Waals surface area contributed by atoms with Gasteiger partial charge < -0.3 is 15.0 Å². The Morgan fingerprint density at radius 3 is 2.70 bits per heavy atom. The van der Waals surface area contributed by atoms with Crippen LogP contribution in [0.15, 0.2) is 48.5 Å². The minimum atomic E-state index is -0.585. The van der Waals surface area contributed by atoms with Gasteiger partial charge in [-0.25, -0.2) is 0 Å². The molecule has 7 nitrogen and oxygen atoms in total. The maximum absolute atomic E-state index is 12.5. The Bertz CT molecular complexity index is 1020. The summed E-state index contributed by atoms with van der Waals surface area (Å²) in [5.74, 6) is -1.68. The van der Waals surface area contributed by atoms with E-state index in [1.165, 1.54) is 0 Å². The first-order valence-corrected chi connectivity index (χ1v) is 9.89. The van der Waals surface area contributed by atoms with E-state index in [2.05, 4.69) is 5.32 Å². The van der Waals surface area contributed by atoms with Gasteiger partial charge in [-0.1, -0.05) is 30.3 Å². The number of hydrogen-bond donors (Lipinski definition) is 1. The summed E-state index contributed by atoms with van der Waals surface area (Å²) in [6, 6.07) is 14.4. The van der Waals surface area contributed by atoms with Gasteiger partial charge in [-0.05, 0) is 36.2 Å². The van der Waals surface area contributed by atoms with Gasteiger partial charge >= 0.3 is 5.97 Å². The number of amides is 2. The lowest BCUT2D eigenvalue weighted by Crippen LogP contribution is -2.30. The first kappa shape index (κ1) is 19.8. The molecule has 2 aliphatic rings. The lowest BCUT2D eigenvalue weighted by Gasteiger charge is -2.25. The number of fused-ring (bicyclic) bond motifs is 1. The number of anilines is 1. The second kappa shape index (κ2) is 8.10. The molecular formula is C23H22N2O5. The van der Waals surface area contributed by atoms with E-state index in [0.717, 1.165) is 11.1 Å². The predicted octanol–water partition coefficient (Wildman–Crippen LogP) is 2.52. The van der Waals surface area contributed by atoms with Crippen LogP contribution in [0.4, 0.5) is 5.69 Å². The molecule has 1 fully saturated rings. The van der Waals surface area contributed by atoms with Crippen LogP contribution in [0, 0.1) is 5.92 Å². The number of nitrogens with one attached hydrogen (secondary N) is 1. The van der Waals surface area contributed by atoms with Crippen molar-refractivity contribution in [3.8, 4) is 0 Å². The van der Waals surface area contributed by atoms with Gasteiger partial charge in [0.1, 0.15) is 0 Å². The van der Waals surface area contributed by atoms with Crippen LogP contribution < -0.4 is 5.32 Å². The van der Waals surface area contributed by atoms with Gasteiger partial charge in [0.2, 0.25) is 11.8 Å². The second-order valence-corrected chi connectivity index (χ2v) is 7.66. The van der Waals surface area contributed by atoms with Gasteiger partial charge in [0.25, 0.3) is 0 Å². The van der Waals surface area contributed by atoms with Crippen molar-refractivity contribution in [2.45, 2.75) is 25.8 Å². The van der Waals surface area contributed by atoms with Crippen LogP contribution in [0.2, 0.25) is 0 Å². The lowest BCUT2D eigenvalue weighted by atomic mass is 10.1. The molecule has 2 aliphatic heterocycles. The number of Topliss-reactive ketones (excluding diaryl/α,β-unsaturated/α-hetero) is 1. The zero-order valence-corrected chi connectivity index (χ0v) is 16.6. The normalized spacial score (nSPS) is 18.7. The Labute approximate surface area is 174 Å². The number of esters is 1. The molecular weight excluding hydrogens is 384 g/mol. The summed E-state index contributed by atoms with van der Waals surface area (Å²) in [6.07, 6.45) is 0.312. The van der Waals surface area contributed by atoms with Crippen LogP contribution >= 0.6 is 0 Å². The molecule has 2 atom stereocenters. The maximum atomic E-state index is 12.5. The third-order valence-electron chi connectivity index (χ3n) is 5.64. The SMILES string of the molecule is C[C@H](c1ccccc1)N1C[C@@H](C(=O)OCC(=O)c2ccc3c(c2)CC(=O)N3)CC1=O. The minimum Gasteiger partial charge on any atom is -0.457 e. The van der Waals surface area contributed by atoms with E-state index in [0.29, 0.717) is 11.3 Å². The number of rotatable bonds is 6. The molecule has 1 saturated heterocycles. The van der Waals surface area contributed by atoms with Gasteiger partial charge in [0.05, 0.1) is 18.4 Å². The highest BCUT2D eigenvalue weighted by molar-refractivity contribution is 6.03. The first-order chi connectivity index (χ1) is 14.4. The number of benzene rings is 2. The number of ketones is 1. The van der Waals surface area contributed by atoms with Gasteiger partial charge in [-0.15, -0.1) is 0 Å². The predicted molar refractivity (Wildman–Crippen MR) is 109 cm³/mol. The Hall–Kier alpha value is -3.48. The summed E-state index contributed by atoms with van der Waals surface area (Å²) in [4.78, 5) is 50.4. The summed E-state index contributed by atoms with van der Waals surface area (Å²) < 4.78 is 5.21. The summed E-state index contributed by atoms with van der Waals surface area (Å²) >= 11 is 0. The molecule has 0 unspecified atom stereocenters. The van der Waals surface area contributed by atoms with Crippen LogP contribution in [-0.4, -0.2) is 41.6 Å². The zero-order valence-electron chi connectivity index (χ0n) is 16.6. The molecule has 2 aromatic rings. The fraction of sp³-hybridized carbons (Fsp3) is 0.304. The van der Waals surface area contributed by atoms with E-state index in [1.807, 2.05) is 37.3 Å². The molecule has 0 bridgehead atoms. The third kappa shape index (κ3) is 3.96. The van der Waals surface area contributed by atoms with Crippen LogP contribution in [0.5, 0.6) is 0 Å². The van der Waals surface area contributed by atoms with Crippen LogP contribution in [-0.2, 0) is 25.5 Å². The topological polar surface area (TPSA) is 92.8 Å². The summed E-state index contributed by atoms with van der Waals surface area (Å²) in [5, 5.41) is 2.71. The summed E-state index contributed by atoms with van der Waals surface area (Å²) in [7, 11) is 0. The van der Waals surface area contributed by atoms with Crippen molar-refractivity contribution in [2.24, 2.45) is 5.92 Å². The first-order valence-electron chi connectivity index (χ1n) is 9.89. The van der Waals surface area contributed by atoms with Crippen molar-refractivity contribution in [3.63, 3.8) is 0 Å². The molecule has 0 aromatic heterocycles. The fourth-order valence-corrected chi connectivity index (χ4v) is 3.92. The number of nitrogens with zero attached hydrogens (tertiary/aromatic N) is 1. The average molecular weight is 406 g/mol. The largest absolute Gasteiger partial charge is 0.457 e. The molecule has 1 N–H and O–H groups in total. The molecule has 7 heteroatoms. The van der Waals surface area contributed by atoms with E-state index in [1.54, 1.807) is 23.1 Å². The lowest BCUT2D eigenvalue weighted by molar-refractivity contribution is -0.147. The molecule has 0 spiro atoms. The quantitative estimate of drug-likeness (QED) is 0.588. The number of carbonyl (C=O) groups is 4. The maximum Gasteiger partial charge on any atom is 0.311 e. The highest BCUT2D eigenvalue weighted by Gasteiger charge is 2.38. The molecule has 154 valence electrons. The van der Waals surface area contributed by atoms with E-state index in [-0.39, 0.29) is 43.0 Å². The highest BCUT2D eigenvalue weighted by Crippen LogP contribution is 2.29. The van der Waals surface area contributed by atoms with Crippen molar-refractivity contribution in [2.75, 3.05) is 18.5 Å². The smallest absolute Gasteiger partial charge is 0.311 e. The van der Waals surface area contributed by atoms with Crippen LogP contribution in [0.1, 0.15) is 40.9 Å². The molecule has 0 aliphatic carbocycles. The number of ether oxygens (including phenoxy) is 1. The Balaban J connectivity index is 1.33. The number of hydrogen-bond acceptors (Lipinski definition) is 5. The molecule has 2 aromatic carbocycles. The van der Waals surface area contributed by atoms with Crippen molar-refractivity contribution >= 4 is 29.3 Å². The molecule has 0 saturated carbocycles. The Morgan fingerprint density at radius 1 is 1.17 bits per heavy atom. The molecule has 4 rings (SSSR count). The Kier molecular flexibility index (Phi) is 5.35. The standard InChI is InChI=1S/C23H22N2O5/c1-14(15-5-3-2-4-6-15)25-12-18(11-22(25)28)23(29)30-13-20(26)16-7-8-19-17(9-16)10-21(27)24-19/h2-9,14,18H,10-13H2,1H3,(H,24,27)/t14-,18+/m1/s1. The zero-order chi connectivity index (χ0) is 21.3. The van der Waals surface area contributed by atoms with Crippen molar-refractivity contribution in [1.29, 1.82) is 0 Å². The van der Waals surface area contributed by atoms with Crippen molar-refractivity contribution in [3.05, 3.63) is 65.2 Å². The van der Waals surface area contributed by atoms with Gasteiger partial charge in [-0.3, -0.25) is 19.2 Å². The van der Waals surface area contributed by atoms with Crippen LogP contribution in [0.3, 0.4) is 0 Å². The summed E-state index contributed by atoms with van der Waals surface area (Å²) in [6.45, 7) is 1.81. The second-order valence-electron chi connectivity index (χ2n) is 7.66. The molecule has 2 heterocycles. The Morgan fingerprint density at radius 2 is 1.93 bits per heavy atom. The monoisotopic (exact) mass is 406 g/mol. The van der Waals surface area contributed by atoms with Crippen LogP contribution in [0.25, 0.3) is 0 Å². The third-order valence-corrected chi connectivity index (χ3v) is 5.64. The fourth-order valence-electron chi connectivity index (χ4n) is 3.92. The minimum absolute atomic E-state index is 0.0802. The van der Waals surface area contributed by atoms with E-state index in [4.69, 9.17) is 4.74 Å². The van der Waals surface area contributed by atoms with Gasteiger partial charge in [-0.2, -0.15) is 0 Å². The molecule has 30 heavy (non-hydrogen) atoms. The van der Waals surface area contributed by atoms with Gasteiger partial charge in [0, 0.05) is 24.2 Å². The van der Waals surface area contributed by atoms with Gasteiger partial charge in [0.15, 0.2) is 12.4 Å². The molecule has 2 amide bonds. The van der Waals surface area contributed by atoms with Crippen molar-refractivity contribution < 1.29 is 23.9 Å². The number of likely N-dealkylation sites (tertiary alicyclic amines) is 1. The van der Waals surface area contributed by atoms with Crippen molar-refractivity contribution in [1.82, 2.24) is 4.90 Å². The summed E-state index contributed by atoms with van der Waals surface area (Å²) in [5.41, 5.74) is 2.84. The van der Waals surface area contributed by atoms with E-state index < -0.39 is 18.5 Å².